The third-order valence-corrected chi connectivity index (χ3v) is 4.98. The molecule has 1 aliphatic rings. The van der Waals surface area contributed by atoms with Crippen LogP contribution < -0.4 is 5.32 Å². The van der Waals surface area contributed by atoms with Gasteiger partial charge in [0, 0.05) is 5.02 Å². The van der Waals surface area contributed by atoms with Gasteiger partial charge in [0.25, 0.3) is 0 Å². The molecular weight excluding hydrogens is 328 g/mol. The van der Waals surface area contributed by atoms with Crippen molar-refractivity contribution in [3.63, 3.8) is 0 Å². The summed E-state index contributed by atoms with van der Waals surface area (Å²) in [6.07, 6.45) is 1.65. The maximum atomic E-state index is 12.1. The highest BCUT2D eigenvalue weighted by atomic mass is 35.5. The monoisotopic (exact) mass is 344 g/mol. The summed E-state index contributed by atoms with van der Waals surface area (Å²) in [5.41, 5.74) is 3.18. The molecule has 1 saturated heterocycles. The summed E-state index contributed by atoms with van der Waals surface area (Å²) in [7, 11) is 0. The zero-order valence-corrected chi connectivity index (χ0v) is 14.3. The van der Waals surface area contributed by atoms with Gasteiger partial charge in [0.2, 0.25) is 5.91 Å². The van der Waals surface area contributed by atoms with Crippen molar-refractivity contribution in [3.8, 4) is 0 Å². The molecule has 1 atom stereocenters. The first-order valence-corrected chi connectivity index (χ1v) is 8.79. The summed E-state index contributed by atoms with van der Waals surface area (Å²) in [5, 5.41) is 4.04. The smallest absolute Gasteiger partial charge is 0.239 e. The number of nitrogens with one attached hydrogen (secondary N) is 1. The fourth-order valence-corrected chi connectivity index (χ4v) is 3.64. The van der Waals surface area contributed by atoms with E-state index in [4.69, 9.17) is 11.6 Å². The van der Waals surface area contributed by atoms with Crippen molar-refractivity contribution in [1.82, 2.24) is 5.32 Å². The molecule has 23 heavy (non-hydrogen) atoms. The van der Waals surface area contributed by atoms with E-state index in [9.17, 15) is 4.79 Å². The number of amidine groups is 1. The number of carbonyl (C=O) groups is 1. The number of carbonyl (C=O) groups excluding carboxylic acids is 1. The number of rotatable bonds is 4. The van der Waals surface area contributed by atoms with Crippen molar-refractivity contribution in [3.05, 3.63) is 64.7 Å². The van der Waals surface area contributed by atoms with Crippen LogP contribution in [0.15, 0.2) is 53.5 Å². The van der Waals surface area contributed by atoms with E-state index < -0.39 is 0 Å². The topological polar surface area (TPSA) is 41.5 Å². The highest BCUT2D eigenvalue weighted by Gasteiger charge is 2.30. The van der Waals surface area contributed by atoms with Crippen molar-refractivity contribution >= 4 is 40.1 Å². The van der Waals surface area contributed by atoms with Crippen LogP contribution in [-0.4, -0.2) is 16.3 Å². The molecule has 0 bridgehead atoms. The first-order valence-electron chi connectivity index (χ1n) is 7.53. The van der Waals surface area contributed by atoms with Gasteiger partial charge in [0.05, 0.1) is 10.9 Å². The van der Waals surface area contributed by atoms with Gasteiger partial charge in [-0.3, -0.25) is 4.79 Å². The molecule has 0 radical (unpaired) electrons. The molecule has 2 aromatic rings. The number of aliphatic imine (C=N–C) groups is 1. The first-order chi connectivity index (χ1) is 11.1. The number of hydrogen-bond donors (Lipinski definition) is 1. The Hall–Kier alpha value is -1.78. The van der Waals surface area contributed by atoms with Gasteiger partial charge in [0.15, 0.2) is 5.17 Å². The molecule has 1 fully saturated rings. The molecule has 0 spiro atoms. The summed E-state index contributed by atoms with van der Waals surface area (Å²) >= 11 is 7.47. The quantitative estimate of drug-likeness (QED) is 0.895. The summed E-state index contributed by atoms with van der Waals surface area (Å²) < 4.78 is 0. The lowest BCUT2D eigenvalue weighted by Crippen LogP contribution is -2.25. The van der Waals surface area contributed by atoms with Crippen LogP contribution in [0.2, 0.25) is 5.02 Å². The van der Waals surface area contributed by atoms with Crippen molar-refractivity contribution in [2.75, 3.05) is 0 Å². The van der Waals surface area contributed by atoms with E-state index >= 15 is 0 Å². The van der Waals surface area contributed by atoms with E-state index in [-0.39, 0.29) is 11.2 Å². The molecule has 1 N–H and O–H groups in total. The number of aryl methyl sites for hydroxylation is 1. The van der Waals surface area contributed by atoms with Gasteiger partial charge in [-0.2, -0.15) is 0 Å². The summed E-state index contributed by atoms with van der Waals surface area (Å²) in [6, 6.07) is 15.7. The van der Waals surface area contributed by atoms with Crippen molar-refractivity contribution in [1.29, 1.82) is 0 Å². The third-order valence-electron chi connectivity index (χ3n) is 3.66. The van der Waals surface area contributed by atoms with E-state index in [2.05, 4.69) is 29.4 Å². The van der Waals surface area contributed by atoms with Crippen LogP contribution in [-0.2, 0) is 17.6 Å². The van der Waals surface area contributed by atoms with Crippen LogP contribution in [0.4, 0.5) is 5.69 Å². The zero-order valence-electron chi connectivity index (χ0n) is 12.8. The average Bonchev–Trinajstić information content (AvgIpc) is 2.87. The van der Waals surface area contributed by atoms with Gasteiger partial charge in [-0.1, -0.05) is 54.6 Å². The summed E-state index contributed by atoms with van der Waals surface area (Å²) in [5.74, 6) is -0.00101. The molecule has 3 nitrogen and oxygen atoms in total. The van der Waals surface area contributed by atoms with Gasteiger partial charge in [-0.15, -0.1) is 0 Å². The van der Waals surface area contributed by atoms with Crippen LogP contribution in [0.5, 0.6) is 0 Å². The van der Waals surface area contributed by atoms with Crippen molar-refractivity contribution in [2.24, 2.45) is 4.99 Å². The Bertz CT molecular complexity index is 743. The predicted octanol–water partition coefficient (Wildman–Crippen LogP) is 4.36. The van der Waals surface area contributed by atoms with Crippen molar-refractivity contribution < 1.29 is 4.79 Å². The van der Waals surface area contributed by atoms with Gasteiger partial charge < -0.3 is 5.32 Å². The predicted molar refractivity (Wildman–Crippen MR) is 97.6 cm³/mol. The number of amides is 1. The van der Waals surface area contributed by atoms with Crippen LogP contribution in [0, 0.1) is 0 Å². The molecule has 2 aromatic carbocycles. The van der Waals surface area contributed by atoms with Crippen LogP contribution in [0.1, 0.15) is 18.1 Å². The minimum Gasteiger partial charge on any atom is -0.304 e. The Balaban J connectivity index is 1.70. The lowest BCUT2D eigenvalue weighted by atomic mass is 10.1. The lowest BCUT2D eigenvalue weighted by Gasteiger charge is -2.05. The molecule has 0 aliphatic carbocycles. The third kappa shape index (κ3) is 4.15. The molecule has 1 heterocycles. The van der Waals surface area contributed by atoms with Gasteiger partial charge in [-0.25, -0.2) is 4.99 Å². The Morgan fingerprint density at radius 2 is 1.96 bits per heavy atom. The largest absolute Gasteiger partial charge is 0.304 e. The molecule has 0 aromatic heterocycles. The Morgan fingerprint density at radius 3 is 2.65 bits per heavy atom. The molecule has 5 heteroatoms. The van der Waals surface area contributed by atoms with Crippen molar-refractivity contribution in [2.45, 2.75) is 25.0 Å². The van der Waals surface area contributed by atoms with Gasteiger partial charge >= 0.3 is 0 Å². The van der Waals surface area contributed by atoms with Gasteiger partial charge in [-0.05, 0) is 48.2 Å². The van der Waals surface area contributed by atoms with Crippen LogP contribution in [0.3, 0.4) is 0 Å². The molecule has 1 aliphatic heterocycles. The van der Waals surface area contributed by atoms with E-state index in [0.717, 1.165) is 17.7 Å². The number of hydrogen-bond acceptors (Lipinski definition) is 3. The number of benzene rings is 2. The number of nitrogens with zero attached hydrogens (tertiary/aromatic N) is 1. The van der Waals surface area contributed by atoms with E-state index in [1.54, 1.807) is 0 Å². The fraction of sp³-hybridized carbons (Fsp3) is 0.222. The molecule has 3 rings (SSSR count). The average molecular weight is 345 g/mol. The second-order valence-electron chi connectivity index (χ2n) is 5.37. The Labute approximate surface area is 145 Å². The normalized spacial score (nSPS) is 19.1. The van der Waals surface area contributed by atoms with E-state index in [1.807, 2.05) is 36.4 Å². The maximum Gasteiger partial charge on any atom is 0.239 e. The maximum absolute atomic E-state index is 12.1. The molecular formula is C18H17ClN2OS. The zero-order chi connectivity index (χ0) is 16.2. The minimum atomic E-state index is -0.165. The SMILES string of the molecule is CCc1ccc(N=C2NC(=O)[C@@H](Cc3cccc(Cl)c3)S2)cc1. The standard InChI is InChI=1S/C18H17ClN2OS/c1-2-12-6-8-15(9-7-12)20-18-21-17(22)16(23-18)11-13-4-3-5-14(19)10-13/h3-10,16H,2,11H2,1H3,(H,20,21,22)/t16-/m1/s1. The lowest BCUT2D eigenvalue weighted by molar-refractivity contribution is -0.118. The second kappa shape index (κ2) is 7.20. The fourth-order valence-electron chi connectivity index (χ4n) is 2.39. The molecule has 0 saturated carbocycles. The van der Waals surface area contributed by atoms with E-state index in [1.165, 1.54) is 17.3 Å². The Kier molecular flexibility index (Phi) is 5.03. The van der Waals surface area contributed by atoms with Gasteiger partial charge in [0.1, 0.15) is 0 Å². The second-order valence-corrected chi connectivity index (χ2v) is 6.99. The summed E-state index contributed by atoms with van der Waals surface area (Å²) in [6.45, 7) is 2.12. The molecule has 1 amide bonds. The molecule has 0 unspecified atom stereocenters. The Morgan fingerprint density at radius 1 is 1.17 bits per heavy atom. The summed E-state index contributed by atoms with van der Waals surface area (Å²) in [4.78, 5) is 16.6. The van der Waals surface area contributed by atoms with Crippen LogP contribution in [0.25, 0.3) is 0 Å². The number of thioether (sulfide) groups is 1. The van der Waals surface area contributed by atoms with E-state index in [0.29, 0.717) is 16.6 Å². The highest BCUT2D eigenvalue weighted by molar-refractivity contribution is 8.15. The minimum absolute atomic E-state index is 0.00101. The molecule has 118 valence electrons. The number of halogens is 1. The first kappa shape index (κ1) is 16.1. The highest BCUT2D eigenvalue weighted by Crippen LogP contribution is 2.26. The van der Waals surface area contributed by atoms with Crippen LogP contribution >= 0.6 is 23.4 Å².